The van der Waals surface area contributed by atoms with Crippen molar-refractivity contribution in [2.75, 3.05) is 0 Å². The fourth-order valence-electron chi connectivity index (χ4n) is 1.42. The minimum atomic E-state index is 0.646. The third-order valence-electron chi connectivity index (χ3n) is 2.16. The highest BCUT2D eigenvalue weighted by molar-refractivity contribution is 8.03. The molecule has 0 aromatic rings. The summed E-state index contributed by atoms with van der Waals surface area (Å²) >= 11 is 1.91. The maximum Gasteiger partial charge on any atom is 0.0524 e. The summed E-state index contributed by atoms with van der Waals surface area (Å²) in [7, 11) is 0. The molecular weight excluding hydrogens is 152 g/mol. The molecule has 11 heavy (non-hydrogen) atoms. The Morgan fingerprint density at radius 3 is 2.91 bits per heavy atom. The zero-order chi connectivity index (χ0) is 7.84. The van der Waals surface area contributed by atoms with E-state index in [1.54, 1.807) is 0 Å². The Kier molecular flexibility index (Phi) is 1.68. The molecule has 0 aromatic heterocycles. The molecule has 1 aliphatic carbocycles. The highest BCUT2D eigenvalue weighted by Gasteiger charge is 2.21. The molecule has 1 heterocycles. The molecule has 2 aliphatic rings. The van der Waals surface area contributed by atoms with E-state index < -0.39 is 0 Å². The fraction of sp³-hybridized carbons (Fsp3) is 0.400. The molecule has 0 fully saturated rings. The monoisotopic (exact) mass is 164 g/mol. The van der Waals surface area contributed by atoms with Gasteiger partial charge in [-0.1, -0.05) is 32.1 Å². The van der Waals surface area contributed by atoms with Gasteiger partial charge in [0.25, 0.3) is 0 Å². The lowest BCUT2D eigenvalue weighted by atomic mass is 10.1. The summed E-state index contributed by atoms with van der Waals surface area (Å²) in [6.45, 7) is 4.50. The quantitative estimate of drug-likeness (QED) is 0.573. The van der Waals surface area contributed by atoms with Gasteiger partial charge in [0.05, 0.1) is 5.25 Å². The molecule has 0 radical (unpaired) electrons. The standard InChI is InChI=1S/C10H12S/c1-7(2)9-5-8-3-4-11-10(8)6-9/h3-7,10H,1-2H3. The van der Waals surface area contributed by atoms with Crippen LogP contribution in [0.3, 0.4) is 0 Å². The number of allylic oxidation sites excluding steroid dienone is 3. The Morgan fingerprint density at radius 2 is 2.27 bits per heavy atom. The molecule has 1 aliphatic heterocycles. The number of thioether (sulfide) groups is 1. The van der Waals surface area contributed by atoms with Crippen LogP contribution in [0.2, 0.25) is 0 Å². The Labute approximate surface area is 72.1 Å². The van der Waals surface area contributed by atoms with Crippen LogP contribution in [0.5, 0.6) is 0 Å². The van der Waals surface area contributed by atoms with Crippen LogP contribution in [0, 0.1) is 5.92 Å². The van der Waals surface area contributed by atoms with E-state index in [-0.39, 0.29) is 0 Å². The van der Waals surface area contributed by atoms with E-state index in [1.165, 1.54) is 11.1 Å². The Morgan fingerprint density at radius 1 is 1.45 bits per heavy atom. The largest absolute Gasteiger partial charge is 0.122 e. The zero-order valence-corrected chi connectivity index (χ0v) is 7.69. The highest BCUT2D eigenvalue weighted by atomic mass is 32.2. The van der Waals surface area contributed by atoms with Crippen LogP contribution >= 0.6 is 11.8 Å². The van der Waals surface area contributed by atoms with Crippen LogP contribution in [0.25, 0.3) is 0 Å². The highest BCUT2D eigenvalue weighted by Crippen LogP contribution is 2.37. The molecule has 0 N–H and O–H groups in total. The van der Waals surface area contributed by atoms with Gasteiger partial charge in [0.15, 0.2) is 0 Å². The molecule has 2 rings (SSSR count). The van der Waals surface area contributed by atoms with Crippen molar-refractivity contribution >= 4 is 11.8 Å². The number of hydrogen-bond acceptors (Lipinski definition) is 1. The average Bonchev–Trinajstić information content (AvgIpc) is 2.40. The maximum absolute atomic E-state index is 2.38. The third kappa shape index (κ3) is 1.18. The van der Waals surface area contributed by atoms with Crippen molar-refractivity contribution in [3.63, 3.8) is 0 Å². The first kappa shape index (κ1) is 7.23. The van der Waals surface area contributed by atoms with E-state index in [1.807, 2.05) is 11.8 Å². The third-order valence-corrected chi connectivity index (χ3v) is 3.15. The molecule has 1 unspecified atom stereocenters. The van der Waals surface area contributed by atoms with Crippen LogP contribution in [0.15, 0.2) is 34.8 Å². The average molecular weight is 164 g/mol. The molecule has 0 saturated heterocycles. The molecule has 0 spiro atoms. The normalized spacial score (nSPS) is 27.4. The van der Waals surface area contributed by atoms with Gasteiger partial charge >= 0.3 is 0 Å². The van der Waals surface area contributed by atoms with Crippen LogP contribution in [0.1, 0.15) is 13.8 Å². The lowest BCUT2D eigenvalue weighted by Gasteiger charge is -2.01. The fourth-order valence-corrected chi connectivity index (χ4v) is 2.36. The smallest absolute Gasteiger partial charge is 0.0524 e. The topological polar surface area (TPSA) is 0 Å². The Balaban J connectivity index is 2.24. The van der Waals surface area contributed by atoms with E-state index in [4.69, 9.17) is 0 Å². The van der Waals surface area contributed by atoms with Gasteiger partial charge < -0.3 is 0 Å². The number of fused-ring (bicyclic) bond motifs is 1. The molecule has 0 saturated carbocycles. The van der Waals surface area contributed by atoms with Gasteiger partial charge in [-0.25, -0.2) is 0 Å². The molecule has 0 amide bonds. The predicted molar refractivity (Wildman–Crippen MR) is 51.5 cm³/mol. The lowest BCUT2D eigenvalue weighted by molar-refractivity contribution is 0.793. The summed E-state index contributed by atoms with van der Waals surface area (Å²) in [5.41, 5.74) is 2.99. The van der Waals surface area contributed by atoms with Crippen molar-refractivity contribution in [3.05, 3.63) is 34.8 Å². The van der Waals surface area contributed by atoms with Crippen LogP contribution in [-0.4, -0.2) is 5.25 Å². The SMILES string of the molecule is CC(C)C1=CC2SC=CC2=C1. The van der Waals surface area contributed by atoms with E-state index in [0.29, 0.717) is 11.2 Å². The molecule has 0 aromatic carbocycles. The van der Waals surface area contributed by atoms with E-state index in [9.17, 15) is 0 Å². The van der Waals surface area contributed by atoms with E-state index >= 15 is 0 Å². The predicted octanol–water partition coefficient (Wildman–Crippen LogP) is 3.14. The summed E-state index contributed by atoms with van der Waals surface area (Å²) in [5.74, 6) is 0.682. The second-order valence-corrected chi connectivity index (χ2v) is 4.38. The molecule has 1 atom stereocenters. The Hall–Kier alpha value is -0.430. The van der Waals surface area contributed by atoms with Crippen molar-refractivity contribution in [1.82, 2.24) is 0 Å². The van der Waals surface area contributed by atoms with Gasteiger partial charge in [-0.05, 0) is 22.5 Å². The van der Waals surface area contributed by atoms with Gasteiger partial charge in [-0.15, -0.1) is 11.8 Å². The van der Waals surface area contributed by atoms with Crippen molar-refractivity contribution in [1.29, 1.82) is 0 Å². The van der Waals surface area contributed by atoms with Gasteiger partial charge in [0.2, 0.25) is 0 Å². The summed E-state index contributed by atoms with van der Waals surface area (Å²) in [6.07, 6.45) is 6.93. The first-order valence-electron chi connectivity index (χ1n) is 4.02. The molecule has 0 nitrogen and oxygen atoms in total. The lowest BCUT2D eigenvalue weighted by Crippen LogP contribution is -1.90. The maximum atomic E-state index is 2.38. The van der Waals surface area contributed by atoms with Crippen molar-refractivity contribution in [2.24, 2.45) is 5.92 Å². The molecule has 0 bridgehead atoms. The molecular formula is C10H12S. The Bertz CT molecular complexity index is 256. The second kappa shape index (κ2) is 2.56. The van der Waals surface area contributed by atoms with Crippen molar-refractivity contribution in [3.8, 4) is 0 Å². The number of rotatable bonds is 1. The van der Waals surface area contributed by atoms with Crippen LogP contribution in [0.4, 0.5) is 0 Å². The van der Waals surface area contributed by atoms with Crippen molar-refractivity contribution in [2.45, 2.75) is 19.1 Å². The van der Waals surface area contributed by atoms with E-state index in [2.05, 4.69) is 37.5 Å². The van der Waals surface area contributed by atoms with Gasteiger partial charge in [0, 0.05) is 0 Å². The van der Waals surface area contributed by atoms with Gasteiger partial charge in [-0.2, -0.15) is 0 Å². The summed E-state index contributed by atoms with van der Waals surface area (Å²) in [6, 6.07) is 0. The zero-order valence-electron chi connectivity index (χ0n) is 6.87. The minimum Gasteiger partial charge on any atom is -0.122 e. The molecule has 58 valence electrons. The summed E-state index contributed by atoms with van der Waals surface area (Å²) in [4.78, 5) is 0. The minimum absolute atomic E-state index is 0.646. The second-order valence-electron chi connectivity index (χ2n) is 3.33. The van der Waals surface area contributed by atoms with E-state index in [0.717, 1.165) is 0 Å². The number of hydrogen-bond donors (Lipinski definition) is 0. The van der Waals surface area contributed by atoms with Crippen LogP contribution in [-0.2, 0) is 0 Å². The first-order valence-corrected chi connectivity index (χ1v) is 4.97. The first-order chi connectivity index (χ1) is 5.27. The molecule has 1 heteroatoms. The van der Waals surface area contributed by atoms with Crippen molar-refractivity contribution < 1.29 is 0 Å². The summed E-state index contributed by atoms with van der Waals surface area (Å²) in [5, 5.41) is 2.83. The van der Waals surface area contributed by atoms with Crippen LogP contribution < -0.4 is 0 Å². The van der Waals surface area contributed by atoms with Gasteiger partial charge in [0.1, 0.15) is 0 Å². The van der Waals surface area contributed by atoms with Gasteiger partial charge in [-0.3, -0.25) is 0 Å². The summed E-state index contributed by atoms with van der Waals surface area (Å²) < 4.78 is 0.